The highest BCUT2D eigenvalue weighted by Crippen LogP contribution is 2.54. The number of methoxy groups -OCH3 is 1. The highest BCUT2D eigenvalue weighted by atomic mass is 19.4. The van der Waals surface area contributed by atoms with Crippen LogP contribution >= 0.6 is 0 Å². The molecular weight excluding hydrogens is 447 g/mol. The van der Waals surface area contributed by atoms with E-state index in [1.165, 1.54) is 0 Å². The predicted octanol–water partition coefficient (Wildman–Crippen LogP) is 4.94. The molecule has 1 aliphatic heterocycles. The molecule has 1 heterocycles. The van der Waals surface area contributed by atoms with Crippen molar-refractivity contribution < 1.29 is 32.6 Å². The molecule has 2 aromatic rings. The zero-order chi connectivity index (χ0) is 24.9. The molecule has 0 amide bonds. The molecule has 1 saturated carbocycles. The second-order valence-corrected chi connectivity index (χ2v) is 9.80. The van der Waals surface area contributed by atoms with Crippen LogP contribution in [0, 0.1) is 17.3 Å². The maximum Gasteiger partial charge on any atom is 0.439 e. The summed E-state index contributed by atoms with van der Waals surface area (Å²) in [5.41, 5.74) is -2.28. The molecule has 0 radical (unpaired) electrons. The van der Waals surface area contributed by atoms with Gasteiger partial charge in [0.25, 0.3) is 5.72 Å². The van der Waals surface area contributed by atoms with Crippen LogP contribution in [0.3, 0.4) is 0 Å². The lowest BCUT2D eigenvalue weighted by Crippen LogP contribution is -2.61. The molecule has 0 bridgehead atoms. The number of aliphatic imine (C=N–C) groups is 1. The molecule has 180 valence electrons. The van der Waals surface area contributed by atoms with E-state index in [9.17, 15) is 27.9 Å². The molecule has 8 heteroatoms. The van der Waals surface area contributed by atoms with Crippen LogP contribution in [0.2, 0.25) is 0 Å². The van der Waals surface area contributed by atoms with Crippen LogP contribution < -0.4 is 0 Å². The summed E-state index contributed by atoms with van der Waals surface area (Å²) in [5, 5.41) is 10.9. The summed E-state index contributed by atoms with van der Waals surface area (Å²) in [5.74, 6) is -6.02. The molecule has 0 saturated heterocycles. The lowest BCUT2D eigenvalue weighted by Gasteiger charge is -2.48. The average molecular weight is 473 g/mol. The monoisotopic (exact) mass is 473 g/mol. The lowest BCUT2D eigenvalue weighted by atomic mass is 9.60. The topological polar surface area (TPSA) is 76.0 Å². The van der Waals surface area contributed by atoms with Gasteiger partial charge in [0.1, 0.15) is 11.7 Å². The van der Waals surface area contributed by atoms with E-state index in [4.69, 9.17) is 4.74 Å². The van der Waals surface area contributed by atoms with Gasteiger partial charge >= 0.3 is 12.1 Å². The molecule has 4 unspecified atom stereocenters. The van der Waals surface area contributed by atoms with Crippen LogP contribution in [0.15, 0.2) is 59.6 Å². The molecule has 1 fully saturated rings. The number of Topliss-reactive ketones (excluding diaryl/α,β-unsaturated/α-hetero) is 1. The zero-order valence-electron chi connectivity index (χ0n) is 19.1. The van der Waals surface area contributed by atoms with Crippen LogP contribution in [-0.4, -0.2) is 41.6 Å². The Morgan fingerprint density at radius 2 is 1.62 bits per heavy atom. The first-order valence-corrected chi connectivity index (χ1v) is 11.0. The number of ether oxygens (including phenoxy) is 1. The summed E-state index contributed by atoms with van der Waals surface area (Å²) in [6.45, 7) is 3.54. The van der Waals surface area contributed by atoms with Crippen molar-refractivity contribution in [2.45, 2.75) is 44.5 Å². The molecule has 5 nitrogen and oxygen atoms in total. The number of rotatable bonds is 3. The molecular formula is C26H26F3NO4. The van der Waals surface area contributed by atoms with Gasteiger partial charge in [0.2, 0.25) is 0 Å². The number of hydrogen-bond donors (Lipinski definition) is 1. The number of alkyl halides is 3. The number of benzene rings is 2. The first kappa shape index (κ1) is 24.1. The number of ketones is 1. The first-order chi connectivity index (χ1) is 15.9. The van der Waals surface area contributed by atoms with E-state index < -0.39 is 41.0 Å². The Morgan fingerprint density at radius 1 is 1.03 bits per heavy atom. The number of esters is 1. The minimum atomic E-state index is -5.25. The minimum absolute atomic E-state index is 0.0293. The lowest BCUT2D eigenvalue weighted by molar-refractivity contribution is -0.281. The van der Waals surface area contributed by atoms with Crippen molar-refractivity contribution in [2.75, 3.05) is 7.11 Å². The van der Waals surface area contributed by atoms with Crippen LogP contribution in [-0.2, 0) is 14.3 Å². The second-order valence-electron chi connectivity index (χ2n) is 9.80. The third-order valence-corrected chi connectivity index (χ3v) is 6.76. The fourth-order valence-corrected chi connectivity index (χ4v) is 5.27. The molecule has 1 aliphatic carbocycles. The van der Waals surface area contributed by atoms with Crippen molar-refractivity contribution in [1.82, 2.24) is 0 Å². The van der Waals surface area contributed by atoms with Gasteiger partial charge in [-0.05, 0) is 28.5 Å². The number of carbonyl (C=O) groups is 2. The van der Waals surface area contributed by atoms with Crippen molar-refractivity contribution in [2.24, 2.45) is 22.2 Å². The summed E-state index contributed by atoms with van der Waals surface area (Å²) in [7, 11) is 0.958. The number of nitrogens with zero attached hydrogens (tertiary/aromatic N) is 1. The normalized spacial score (nSPS) is 28.6. The molecule has 0 spiro atoms. The summed E-state index contributed by atoms with van der Waals surface area (Å²) in [6.07, 6.45) is -5.02. The van der Waals surface area contributed by atoms with Gasteiger partial charge in [-0.25, -0.2) is 4.99 Å². The molecule has 34 heavy (non-hydrogen) atoms. The van der Waals surface area contributed by atoms with Gasteiger partial charge in [-0.2, -0.15) is 13.2 Å². The summed E-state index contributed by atoms with van der Waals surface area (Å²) < 4.78 is 47.4. The number of halogens is 3. The van der Waals surface area contributed by atoms with E-state index in [1.54, 1.807) is 38.1 Å². The Balaban J connectivity index is 1.90. The van der Waals surface area contributed by atoms with Crippen LogP contribution in [0.4, 0.5) is 13.2 Å². The van der Waals surface area contributed by atoms with E-state index in [0.29, 0.717) is 5.56 Å². The fraction of sp³-hybridized carbons (Fsp3) is 0.423. The Kier molecular flexibility index (Phi) is 5.92. The Morgan fingerprint density at radius 3 is 2.18 bits per heavy atom. The van der Waals surface area contributed by atoms with Gasteiger partial charge in [0.15, 0.2) is 0 Å². The maximum absolute atomic E-state index is 14.2. The molecule has 4 atom stereocenters. The summed E-state index contributed by atoms with van der Waals surface area (Å²) in [6, 6.07) is 16.1. The van der Waals surface area contributed by atoms with Crippen LogP contribution in [0.5, 0.6) is 0 Å². The summed E-state index contributed by atoms with van der Waals surface area (Å²) in [4.78, 5) is 29.7. The van der Waals surface area contributed by atoms with E-state index in [1.807, 2.05) is 30.3 Å². The van der Waals surface area contributed by atoms with E-state index in [-0.39, 0.29) is 24.3 Å². The van der Waals surface area contributed by atoms with Gasteiger partial charge in [-0.1, -0.05) is 68.4 Å². The Hall–Kier alpha value is -3.00. The van der Waals surface area contributed by atoms with Crippen LogP contribution in [0.25, 0.3) is 11.1 Å². The Bertz CT molecular complexity index is 1120. The highest BCUT2D eigenvalue weighted by Gasteiger charge is 2.68. The van der Waals surface area contributed by atoms with E-state index in [0.717, 1.165) is 18.2 Å². The van der Waals surface area contributed by atoms with Gasteiger partial charge in [-0.3, -0.25) is 9.59 Å². The zero-order valence-corrected chi connectivity index (χ0v) is 19.1. The minimum Gasteiger partial charge on any atom is -0.469 e. The van der Waals surface area contributed by atoms with E-state index in [2.05, 4.69) is 4.99 Å². The number of fused-ring (bicyclic) bond motifs is 1. The standard InChI is InChI=1S/C26H26F3NO4/c1-24(2)13-18-21(19(31)14-24)20(22(23(32)34-3)25(33,30-18)26(27,28)29)17-11-9-16(10-12-17)15-7-5-4-6-8-15/h4-12,20-22,33H,13-14H2,1-3H3. The molecule has 2 aliphatic rings. The van der Waals surface area contributed by atoms with Crippen molar-refractivity contribution >= 4 is 17.5 Å². The van der Waals surface area contributed by atoms with Gasteiger partial charge in [0, 0.05) is 18.1 Å². The summed E-state index contributed by atoms with van der Waals surface area (Å²) >= 11 is 0. The van der Waals surface area contributed by atoms with Crippen molar-refractivity contribution in [3.63, 3.8) is 0 Å². The number of aliphatic hydroxyl groups is 1. The molecule has 2 aromatic carbocycles. The largest absolute Gasteiger partial charge is 0.469 e. The van der Waals surface area contributed by atoms with Gasteiger partial charge in [0.05, 0.1) is 13.0 Å². The quantitative estimate of drug-likeness (QED) is 0.641. The third kappa shape index (κ3) is 4.04. The van der Waals surface area contributed by atoms with Crippen LogP contribution in [0.1, 0.15) is 38.2 Å². The fourth-order valence-electron chi connectivity index (χ4n) is 5.27. The van der Waals surface area contributed by atoms with Crippen molar-refractivity contribution in [1.29, 1.82) is 0 Å². The average Bonchev–Trinajstić information content (AvgIpc) is 2.77. The van der Waals surface area contributed by atoms with Crippen molar-refractivity contribution in [3.8, 4) is 11.1 Å². The molecule has 4 rings (SSSR count). The maximum atomic E-state index is 14.2. The molecule has 0 aromatic heterocycles. The number of hydrogen-bond acceptors (Lipinski definition) is 5. The second kappa shape index (κ2) is 8.34. The van der Waals surface area contributed by atoms with Crippen molar-refractivity contribution in [3.05, 3.63) is 60.2 Å². The van der Waals surface area contributed by atoms with E-state index >= 15 is 0 Å². The SMILES string of the molecule is COC(=O)C1C(c2ccc(-c3ccccc3)cc2)C2C(=O)CC(C)(C)CC2=NC1(O)C(F)(F)F. The highest BCUT2D eigenvalue weighted by molar-refractivity contribution is 6.10. The smallest absolute Gasteiger partial charge is 0.439 e. The van der Waals surface area contributed by atoms with Gasteiger partial charge in [-0.15, -0.1) is 0 Å². The third-order valence-electron chi connectivity index (χ3n) is 6.76. The Labute approximate surface area is 195 Å². The van der Waals surface area contributed by atoms with Gasteiger partial charge < -0.3 is 9.84 Å². The number of carbonyl (C=O) groups excluding carboxylic acids is 2. The predicted molar refractivity (Wildman–Crippen MR) is 120 cm³/mol. The first-order valence-electron chi connectivity index (χ1n) is 11.0. The molecule has 1 N–H and O–H groups in total.